The normalized spacial score (nSPS) is 16.7. The molecule has 2 aliphatic rings. The third kappa shape index (κ3) is 5.34. The van der Waals surface area contributed by atoms with Crippen molar-refractivity contribution in [3.63, 3.8) is 0 Å². The van der Waals surface area contributed by atoms with Crippen molar-refractivity contribution in [1.29, 1.82) is 0 Å². The average molecular weight is 421 g/mol. The Kier molecular flexibility index (Phi) is 7.03. The molecule has 4 rings (SSSR count). The van der Waals surface area contributed by atoms with Gasteiger partial charge in [0.2, 0.25) is 5.91 Å². The van der Waals surface area contributed by atoms with Gasteiger partial charge in [-0.05, 0) is 80.1 Å². The van der Waals surface area contributed by atoms with Crippen molar-refractivity contribution in [3.8, 4) is 5.75 Å². The number of hydrogen-bond acceptors (Lipinski definition) is 4. The summed E-state index contributed by atoms with van der Waals surface area (Å²) in [6.07, 6.45) is 6.19. The molecule has 2 aromatic carbocycles. The van der Waals surface area contributed by atoms with Crippen molar-refractivity contribution in [2.45, 2.75) is 51.0 Å². The fraction of sp³-hybridized carbons (Fsp3) is 0.462. The summed E-state index contributed by atoms with van der Waals surface area (Å²) in [4.78, 5) is 27.5. The van der Waals surface area contributed by atoms with Crippen molar-refractivity contribution >= 4 is 11.7 Å². The number of hydrogen-bond donors (Lipinski definition) is 1. The van der Waals surface area contributed by atoms with E-state index >= 15 is 0 Å². The van der Waals surface area contributed by atoms with E-state index in [1.54, 1.807) is 7.11 Å². The van der Waals surface area contributed by atoms with Crippen LogP contribution < -0.4 is 10.1 Å². The number of methoxy groups -OCH3 is 1. The first kappa shape index (κ1) is 21.6. The van der Waals surface area contributed by atoms with Crippen LogP contribution >= 0.6 is 0 Å². The minimum absolute atomic E-state index is 0.0519. The number of likely N-dealkylation sites (tertiary alicyclic amines) is 1. The van der Waals surface area contributed by atoms with Crippen molar-refractivity contribution < 1.29 is 14.3 Å². The fourth-order valence-electron chi connectivity index (χ4n) is 4.75. The van der Waals surface area contributed by atoms with Crippen molar-refractivity contribution in [1.82, 2.24) is 10.2 Å². The van der Waals surface area contributed by atoms with E-state index in [-0.39, 0.29) is 30.6 Å². The first-order valence-corrected chi connectivity index (χ1v) is 11.4. The Morgan fingerprint density at radius 2 is 1.71 bits per heavy atom. The lowest BCUT2D eigenvalue weighted by Crippen LogP contribution is -2.36. The number of carbonyl (C=O) groups excluding carboxylic acids is 2. The Morgan fingerprint density at radius 3 is 2.45 bits per heavy atom. The number of benzene rings is 2. The fourth-order valence-corrected chi connectivity index (χ4v) is 4.75. The largest absolute Gasteiger partial charge is 0.497 e. The maximum Gasteiger partial charge on any atom is 0.220 e. The van der Waals surface area contributed by atoms with Gasteiger partial charge in [-0.15, -0.1) is 0 Å². The highest BCUT2D eigenvalue weighted by Crippen LogP contribution is 2.26. The number of nitrogens with zero attached hydrogens (tertiary/aromatic N) is 1. The number of Topliss-reactive ketones (excluding diaryl/α,β-unsaturated/α-hetero) is 1. The van der Waals surface area contributed by atoms with Gasteiger partial charge in [0.1, 0.15) is 5.75 Å². The van der Waals surface area contributed by atoms with Crippen LogP contribution in [-0.4, -0.2) is 43.3 Å². The molecule has 31 heavy (non-hydrogen) atoms. The molecule has 1 N–H and O–H groups in total. The number of rotatable bonds is 9. The van der Waals surface area contributed by atoms with Crippen LogP contribution in [0.5, 0.6) is 5.75 Å². The van der Waals surface area contributed by atoms with Crippen molar-refractivity contribution in [3.05, 3.63) is 64.7 Å². The number of aryl methyl sites for hydroxylation is 2. The molecule has 164 valence electrons. The van der Waals surface area contributed by atoms with Crippen LogP contribution in [0.3, 0.4) is 0 Å². The SMILES string of the molecule is COc1ccc(C(CNC(=O)CCC(=O)c2ccc3c(c2)CCC3)N2CCCC2)cc1. The molecular formula is C26H32N2O3. The molecule has 0 spiro atoms. The van der Waals surface area contributed by atoms with Gasteiger partial charge < -0.3 is 10.1 Å². The third-order valence-corrected chi connectivity index (χ3v) is 6.57. The quantitative estimate of drug-likeness (QED) is 0.621. The summed E-state index contributed by atoms with van der Waals surface area (Å²) in [6.45, 7) is 2.64. The number of carbonyl (C=O) groups is 2. The third-order valence-electron chi connectivity index (χ3n) is 6.57. The highest BCUT2D eigenvalue weighted by molar-refractivity contribution is 5.98. The van der Waals surface area contributed by atoms with Crippen LogP contribution in [0.4, 0.5) is 0 Å². The summed E-state index contributed by atoms with van der Waals surface area (Å²) in [5, 5.41) is 3.07. The van der Waals surface area contributed by atoms with E-state index < -0.39 is 0 Å². The molecule has 1 heterocycles. The molecule has 0 saturated carbocycles. The van der Waals surface area contributed by atoms with Gasteiger partial charge in [-0.2, -0.15) is 0 Å². The predicted molar refractivity (Wildman–Crippen MR) is 122 cm³/mol. The van der Waals surface area contributed by atoms with Crippen LogP contribution in [0, 0.1) is 0 Å². The number of nitrogens with one attached hydrogen (secondary N) is 1. The van der Waals surface area contributed by atoms with Gasteiger partial charge in [-0.1, -0.05) is 24.3 Å². The molecule has 1 atom stereocenters. The summed E-state index contributed by atoms with van der Waals surface area (Å²) in [6, 6.07) is 14.2. The van der Waals surface area contributed by atoms with Crippen LogP contribution in [0.2, 0.25) is 0 Å². The molecule has 1 fully saturated rings. The number of ether oxygens (including phenoxy) is 1. The van der Waals surface area contributed by atoms with Gasteiger partial charge in [0.25, 0.3) is 0 Å². The molecule has 0 bridgehead atoms. The van der Waals surface area contributed by atoms with Crippen LogP contribution in [0.15, 0.2) is 42.5 Å². The second-order valence-electron chi connectivity index (χ2n) is 8.60. The van der Waals surface area contributed by atoms with E-state index in [1.807, 2.05) is 24.3 Å². The molecule has 0 aromatic heterocycles. The zero-order valence-electron chi connectivity index (χ0n) is 18.4. The zero-order valence-corrected chi connectivity index (χ0v) is 18.4. The predicted octanol–water partition coefficient (Wildman–Crippen LogP) is 4.10. The summed E-state index contributed by atoms with van der Waals surface area (Å²) >= 11 is 0. The van der Waals surface area contributed by atoms with E-state index in [9.17, 15) is 9.59 Å². The van der Waals surface area contributed by atoms with E-state index in [4.69, 9.17) is 4.74 Å². The number of ketones is 1. The molecule has 1 aliphatic heterocycles. The Balaban J connectivity index is 1.31. The highest BCUT2D eigenvalue weighted by atomic mass is 16.5. The maximum atomic E-state index is 12.6. The Hall–Kier alpha value is -2.66. The van der Waals surface area contributed by atoms with Crippen molar-refractivity contribution in [2.24, 2.45) is 0 Å². The summed E-state index contributed by atoms with van der Waals surface area (Å²) in [5.74, 6) is 0.821. The Labute approximate surface area is 184 Å². The summed E-state index contributed by atoms with van der Waals surface area (Å²) < 4.78 is 5.27. The molecule has 0 radical (unpaired) electrons. The van der Waals surface area contributed by atoms with Gasteiger partial charge in [0, 0.05) is 24.9 Å². The van der Waals surface area contributed by atoms with Gasteiger partial charge in [0.05, 0.1) is 13.2 Å². The van der Waals surface area contributed by atoms with Crippen LogP contribution in [0.25, 0.3) is 0 Å². The maximum absolute atomic E-state index is 12.6. The molecule has 1 amide bonds. The minimum atomic E-state index is -0.0628. The van der Waals surface area contributed by atoms with E-state index in [0.717, 1.165) is 37.2 Å². The lowest BCUT2D eigenvalue weighted by molar-refractivity contribution is -0.121. The second-order valence-corrected chi connectivity index (χ2v) is 8.60. The Morgan fingerprint density at radius 1 is 0.968 bits per heavy atom. The van der Waals surface area contributed by atoms with Crippen molar-refractivity contribution in [2.75, 3.05) is 26.7 Å². The minimum Gasteiger partial charge on any atom is -0.497 e. The number of fused-ring (bicyclic) bond motifs is 1. The summed E-state index contributed by atoms with van der Waals surface area (Å²) in [7, 11) is 1.66. The van der Waals surface area contributed by atoms with Gasteiger partial charge >= 0.3 is 0 Å². The lowest BCUT2D eigenvalue weighted by Gasteiger charge is -2.28. The Bertz CT molecular complexity index is 917. The van der Waals surface area contributed by atoms with E-state index in [0.29, 0.717) is 6.54 Å². The lowest BCUT2D eigenvalue weighted by atomic mass is 10.0. The van der Waals surface area contributed by atoms with E-state index in [2.05, 4.69) is 28.4 Å². The highest BCUT2D eigenvalue weighted by Gasteiger charge is 2.24. The molecule has 5 nitrogen and oxygen atoms in total. The monoisotopic (exact) mass is 420 g/mol. The molecule has 2 aromatic rings. The smallest absolute Gasteiger partial charge is 0.220 e. The zero-order chi connectivity index (χ0) is 21.6. The van der Waals surface area contributed by atoms with E-state index in [1.165, 1.54) is 36.0 Å². The topological polar surface area (TPSA) is 58.6 Å². The van der Waals surface area contributed by atoms with Crippen LogP contribution in [-0.2, 0) is 17.6 Å². The molecule has 1 aliphatic carbocycles. The molecule has 1 saturated heterocycles. The average Bonchev–Trinajstić information content (AvgIpc) is 3.49. The molecule has 5 heteroatoms. The molecular weight excluding hydrogens is 388 g/mol. The number of amides is 1. The first-order valence-electron chi connectivity index (χ1n) is 11.4. The standard InChI is InChI=1S/C26H32N2O3/c1-31-23-11-9-20(10-12-23)24(28-15-2-3-16-28)18-27-26(30)14-13-25(29)22-8-7-19-5-4-6-21(19)17-22/h7-12,17,24H,2-6,13-16,18H2,1H3,(H,27,30). The van der Waals surface area contributed by atoms with Gasteiger partial charge in [0.15, 0.2) is 5.78 Å². The summed E-state index contributed by atoms with van der Waals surface area (Å²) in [5.41, 5.74) is 4.57. The first-order chi connectivity index (χ1) is 15.1. The molecule has 1 unspecified atom stereocenters. The van der Waals surface area contributed by atoms with Gasteiger partial charge in [-0.3, -0.25) is 14.5 Å². The van der Waals surface area contributed by atoms with Crippen LogP contribution in [0.1, 0.15) is 65.2 Å². The second kappa shape index (κ2) is 10.1. The van der Waals surface area contributed by atoms with Gasteiger partial charge in [-0.25, -0.2) is 0 Å².